The van der Waals surface area contributed by atoms with E-state index in [0.29, 0.717) is 22.2 Å². The van der Waals surface area contributed by atoms with Gasteiger partial charge in [-0.2, -0.15) is 0 Å². The predicted molar refractivity (Wildman–Crippen MR) is 80.1 cm³/mol. The molecule has 0 aliphatic carbocycles. The van der Waals surface area contributed by atoms with Gasteiger partial charge in [0, 0.05) is 13.1 Å². The summed E-state index contributed by atoms with van der Waals surface area (Å²) in [5.74, 6) is 0.00355. The molecule has 1 fully saturated rings. The monoisotopic (exact) mass is 316 g/mol. The van der Waals surface area contributed by atoms with Gasteiger partial charge in [0.15, 0.2) is 0 Å². The molecule has 110 valence electrons. The van der Waals surface area contributed by atoms with E-state index in [1.807, 2.05) is 0 Å². The molecule has 1 unspecified atom stereocenters. The van der Waals surface area contributed by atoms with Crippen molar-refractivity contribution in [2.75, 3.05) is 13.1 Å². The molecule has 1 amide bonds. The molecule has 1 aliphatic rings. The highest BCUT2D eigenvalue weighted by atomic mass is 35.5. The van der Waals surface area contributed by atoms with E-state index >= 15 is 0 Å². The van der Waals surface area contributed by atoms with E-state index in [0.717, 1.165) is 25.8 Å². The highest BCUT2D eigenvalue weighted by molar-refractivity contribution is 6.42. The summed E-state index contributed by atoms with van der Waals surface area (Å²) in [7, 11) is 0. The summed E-state index contributed by atoms with van der Waals surface area (Å²) >= 11 is 11.8. The average molecular weight is 317 g/mol. The topological polar surface area (TPSA) is 61.4 Å². The van der Waals surface area contributed by atoms with Gasteiger partial charge >= 0.3 is 0 Å². The predicted octanol–water partition coefficient (Wildman–Crippen LogP) is 2.29. The average Bonchev–Trinajstić information content (AvgIpc) is 2.64. The smallest absolute Gasteiger partial charge is 0.237 e. The van der Waals surface area contributed by atoms with Crippen molar-refractivity contribution >= 4 is 29.1 Å². The zero-order valence-electron chi connectivity index (χ0n) is 11.0. The number of hydrogen-bond acceptors (Lipinski definition) is 3. The highest BCUT2D eigenvalue weighted by Crippen LogP contribution is 2.25. The van der Waals surface area contributed by atoms with E-state index < -0.39 is 6.10 Å². The Hall–Kier alpha value is -0.810. The van der Waals surface area contributed by atoms with E-state index in [-0.39, 0.29) is 11.9 Å². The molecule has 3 N–H and O–H groups in total. The first-order chi connectivity index (χ1) is 9.58. The Morgan fingerprint density at radius 2 is 2.15 bits per heavy atom. The lowest BCUT2D eigenvalue weighted by Crippen LogP contribution is -2.44. The van der Waals surface area contributed by atoms with Crippen molar-refractivity contribution in [3.8, 4) is 0 Å². The largest absolute Gasteiger partial charge is 0.387 e. The fourth-order valence-electron chi connectivity index (χ4n) is 2.23. The van der Waals surface area contributed by atoms with Crippen LogP contribution in [0.15, 0.2) is 18.2 Å². The van der Waals surface area contributed by atoms with Crippen LogP contribution in [-0.4, -0.2) is 30.1 Å². The van der Waals surface area contributed by atoms with E-state index in [2.05, 4.69) is 10.6 Å². The molecule has 20 heavy (non-hydrogen) atoms. The molecule has 0 spiro atoms. The van der Waals surface area contributed by atoms with E-state index in [1.165, 1.54) is 0 Å². The van der Waals surface area contributed by atoms with Crippen LogP contribution >= 0.6 is 23.2 Å². The first-order valence-electron chi connectivity index (χ1n) is 6.72. The number of carbonyl (C=O) groups excluding carboxylic acids is 1. The number of aliphatic hydroxyl groups excluding tert-OH is 1. The van der Waals surface area contributed by atoms with Crippen LogP contribution in [0, 0.1) is 0 Å². The number of halogens is 2. The fourth-order valence-corrected chi connectivity index (χ4v) is 2.53. The molecule has 1 heterocycles. The van der Waals surface area contributed by atoms with Gasteiger partial charge in [-0.1, -0.05) is 29.3 Å². The molecule has 0 saturated carbocycles. The van der Waals surface area contributed by atoms with Crippen molar-refractivity contribution in [3.63, 3.8) is 0 Å². The molecule has 0 aromatic heterocycles. The molecule has 1 aliphatic heterocycles. The van der Waals surface area contributed by atoms with Crippen LogP contribution in [0.3, 0.4) is 0 Å². The maximum absolute atomic E-state index is 11.8. The lowest BCUT2D eigenvalue weighted by Gasteiger charge is -2.18. The number of aliphatic hydroxyl groups is 1. The quantitative estimate of drug-likeness (QED) is 0.798. The van der Waals surface area contributed by atoms with Crippen molar-refractivity contribution in [2.45, 2.75) is 31.4 Å². The third-order valence-electron chi connectivity index (χ3n) is 3.42. The molecule has 2 rings (SSSR count). The second-order valence-corrected chi connectivity index (χ2v) is 5.75. The summed E-state index contributed by atoms with van der Waals surface area (Å²) in [4.78, 5) is 11.8. The van der Waals surface area contributed by atoms with E-state index in [1.54, 1.807) is 18.2 Å². The first-order valence-corrected chi connectivity index (χ1v) is 7.47. The van der Waals surface area contributed by atoms with Gasteiger partial charge in [-0.15, -0.1) is 0 Å². The number of benzene rings is 1. The molecule has 4 nitrogen and oxygen atoms in total. The number of rotatable bonds is 4. The van der Waals surface area contributed by atoms with Gasteiger partial charge in [-0.25, -0.2) is 0 Å². The first kappa shape index (κ1) is 15.6. The van der Waals surface area contributed by atoms with Crippen molar-refractivity contribution in [1.29, 1.82) is 0 Å². The third-order valence-corrected chi connectivity index (χ3v) is 4.16. The summed E-state index contributed by atoms with van der Waals surface area (Å²) in [5.41, 5.74) is 0.681. The van der Waals surface area contributed by atoms with Gasteiger partial charge in [-0.05, 0) is 37.0 Å². The molecule has 0 bridgehead atoms. The second-order valence-electron chi connectivity index (χ2n) is 4.94. The Labute approximate surface area is 128 Å². The fraction of sp³-hybridized carbons (Fsp3) is 0.500. The van der Waals surface area contributed by atoms with Gasteiger partial charge in [0.1, 0.15) is 0 Å². The molecule has 0 radical (unpaired) electrons. The third kappa shape index (κ3) is 4.09. The minimum Gasteiger partial charge on any atom is -0.387 e. The SMILES string of the molecule is O=C1NCCCCC1NC[C@H](O)c1ccc(Cl)c(Cl)c1. The number of nitrogens with one attached hydrogen (secondary N) is 2. The Morgan fingerprint density at radius 1 is 1.35 bits per heavy atom. The van der Waals surface area contributed by atoms with Crippen LogP contribution in [-0.2, 0) is 4.79 Å². The lowest BCUT2D eigenvalue weighted by atomic mass is 10.1. The standard InChI is InChI=1S/C14H18Cl2N2O2/c15-10-5-4-9(7-11(10)16)13(19)8-18-12-3-1-2-6-17-14(12)20/h4-5,7,12-13,18-19H,1-3,6,8H2,(H,17,20)/t12?,13-/m0/s1. The summed E-state index contributed by atoms with van der Waals surface area (Å²) in [6.45, 7) is 1.03. The minimum atomic E-state index is -0.721. The summed E-state index contributed by atoms with van der Waals surface area (Å²) in [6.07, 6.45) is 2.07. The second kappa shape index (κ2) is 7.27. The molecule has 1 aromatic rings. The zero-order chi connectivity index (χ0) is 14.5. The van der Waals surface area contributed by atoms with Crippen LogP contribution in [0.4, 0.5) is 0 Å². The van der Waals surface area contributed by atoms with Crippen LogP contribution in [0.2, 0.25) is 10.0 Å². The Morgan fingerprint density at radius 3 is 2.90 bits per heavy atom. The van der Waals surface area contributed by atoms with Gasteiger partial charge < -0.3 is 15.7 Å². The zero-order valence-corrected chi connectivity index (χ0v) is 12.5. The maximum Gasteiger partial charge on any atom is 0.237 e. The number of amides is 1. The van der Waals surface area contributed by atoms with Crippen molar-refractivity contribution in [1.82, 2.24) is 10.6 Å². The van der Waals surface area contributed by atoms with Gasteiger partial charge in [-0.3, -0.25) is 4.79 Å². The van der Waals surface area contributed by atoms with Gasteiger partial charge in [0.2, 0.25) is 5.91 Å². The van der Waals surface area contributed by atoms with E-state index in [4.69, 9.17) is 23.2 Å². The van der Waals surface area contributed by atoms with Crippen molar-refractivity contribution in [2.24, 2.45) is 0 Å². The molecule has 6 heteroatoms. The number of hydrogen-bond donors (Lipinski definition) is 3. The Balaban J connectivity index is 1.92. The summed E-state index contributed by atoms with van der Waals surface area (Å²) in [6, 6.07) is 4.78. The molecule has 1 saturated heterocycles. The molecular weight excluding hydrogens is 299 g/mol. The minimum absolute atomic E-state index is 0.00355. The molecule has 2 atom stereocenters. The van der Waals surface area contributed by atoms with Gasteiger partial charge in [0.05, 0.1) is 22.2 Å². The molecular formula is C14H18Cl2N2O2. The maximum atomic E-state index is 11.8. The van der Waals surface area contributed by atoms with Crippen LogP contribution in [0.25, 0.3) is 0 Å². The van der Waals surface area contributed by atoms with Crippen LogP contribution in [0.5, 0.6) is 0 Å². The van der Waals surface area contributed by atoms with Crippen LogP contribution < -0.4 is 10.6 Å². The van der Waals surface area contributed by atoms with E-state index in [9.17, 15) is 9.90 Å². The molecule has 1 aromatic carbocycles. The van der Waals surface area contributed by atoms with Crippen LogP contribution in [0.1, 0.15) is 30.9 Å². The Kier molecular flexibility index (Phi) is 5.66. The lowest BCUT2D eigenvalue weighted by molar-refractivity contribution is -0.122. The Bertz CT molecular complexity index is 482. The summed E-state index contributed by atoms with van der Waals surface area (Å²) in [5, 5.41) is 17.0. The van der Waals surface area contributed by atoms with Gasteiger partial charge in [0.25, 0.3) is 0 Å². The normalized spacial score (nSPS) is 21.1. The number of carbonyl (C=O) groups is 1. The highest BCUT2D eigenvalue weighted by Gasteiger charge is 2.21. The summed E-state index contributed by atoms with van der Waals surface area (Å²) < 4.78 is 0. The van der Waals surface area contributed by atoms with Crippen molar-refractivity contribution < 1.29 is 9.90 Å². The van der Waals surface area contributed by atoms with Crippen molar-refractivity contribution in [3.05, 3.63) is 33.8 Å².